The molecule has 0 aliphatic heterocycles. The molecule has 0 N–H and O–H groups in total. The molecule has 4 nitrogen and oxygen atoms in total. The van der Waals surface area contributed by atoms with E-state index in [1.54, 1.807) is 38.1 Å². The predicted octanol–water partition coefficient (Wildman–Crippen LogP) is 3.26. The van der Waals surface area contributed by atoms with E-state index in [1.807, 2.05) is 6.07 Å². The second-order valence-electron chi connectivity index (χ2n) is 5.80. The number of rotatable bonds is 5. The lowest BCUT2D eigenvalue weighted by molar-refractivity contribution is 0.386. The van der Waals surface area contributed by atoms with Crippen LogP contribution in [0.5, 0.6) is 0 Å². The van der Waals surface area contributed by atoms with Crippen molar-refractivity contribution in [3.05, 3.63) is 65.0 Å². The Hall–Kier alpha value is -2.23. The summed E-state index contributed by atoms with van der Waals surface area (Å²) in [4.78, 5) is 0.121. The maximum atomic E-state index is 13.3. The molecule has 1 unspecified atom stereocenters. The second kappa shape index (κ2) is 7.12. The van der Waals surface area contributed by atoms with E-state index in [2.05, 4.69) is 0 Å². The fraction of sp³-hybridized carbons (Fsp3) is 0.278. The van der Waals surface area contributed by atoms with E-state index in [9.17, 15) is 12.8 Å². The third kappa shape index (κ3) is 3.81. The maximum Gasteiger partial charge on any atom is 0.243 e. The standard InChI is InChI=1S/C18H19FN2O2S/c1-13-7-8-16(12-20)11-18(13)24(22,23)21(3)14(2)9-15-5-4-6-17(19)10-15/h4-8,10-11,14H,9H2,1-3H3. The number of benzene rings is 2. The molecule has 2 rings (SSSR count). The van der Waals surface area contributed by atoms with Crippen LogP contribution in [0.4, 0.5) is 4.39 Å². The van der Waals surface area contributed by atoms with Crippen LogP contribution in [0.2, 0.25) is 0 Å². The maximum absolute atomic E-state index is 13.3. The molecule has 0 aliphatic carbocycles. The summed E-state index contributed by atoms with van der Waals surface area (Å²) >= 11 is 0. The van der Waals surface area contributed by atoms with Gasteiger partial charge in [0.25, 0.3) is 0 Å². The first-order valence-corrected chi connectivity index (χ1v) is 8.93. The quantitative estimate of drug-likeness (QED) is 0.835. The number of hydrogen-bond acceptors (Lipinski definition) is 3. The average Bonchev–Trinajstić information content (AvgIpc) is 2.54. The minimum Gasteiger partial charge on any atom is -0.207 e. The highest BCUT2D eigenvalue weighted by molar-refractivity contribution is 7.89. The minimum absolute atomic E-state index is 0.121. The van der Waals surface area contributed by atoms with Crippen LogP contribution in [0.3, 0.4) is 0 Å². The van der Waals surface area contributed by atoms with Gasteiger partial charge in [-0.2, -0.15) is 9.57 Å². The molecule has 6 heteroatoms. The molecule has 0 aliphatic rings. The molecule has 2 aromatic rings. The molecular weight excluding hydrogens is 327 g/mol. The first-order chi connectivity index (χ1) is 11.3. The summed E-state index contributed by atoms with van der Waals surface area (Å²) in [7, 11) is -2.25. The van der Waals surface area contributed by atoms with Gasteiger partial charge >= 0.3 is 0 Å². The van der Waals surface area contributed by atoms with E-state index in [4.69, 9.17) is 5.26 Å². The lowest BCUT2D eigenvalue weighted by Crippen LogP contribution is -2.36. The Labute approximate surface area is 142 Å². The smallest absolute Gasteiger partial charge is 0.207 e. The summed E-state index contributed by atoms with van der Waals surface area (Å²) < 4.78 is 40.3. The third-order valence-electron chi connectivity index (χ3n) is 4.02. The molecule has 24 heavy (non-hydrogen) atoms. The summed E-state index contributed by atoms with van der Waals surface area (Å²) in [5, 5.41) is 8.99. The van der Waals surface area contributed by atoms with Crippen LogP contribution in [-0.4, -0.2) is 25.8 Å². The zero-order valence-corrected chi connectivity index (χ0v) is 14.6. The lowest BCUT2D eigenvalue weighted by Gasteiger charge is -2.25. The van der Waals surface area contributed by atoms with Crippen molar-refractivity contribution >= 4 is 10.0 Å². The summed E-state index contributed by atoms with van der Waals surface area (Å²) in [6, 6.07) is 12.3. The number of sulfonamides is 1. The Bertz CT molecular complexity index is 888. The highest BCUT2D eigenvalue weighted by Crippen LogP contribution is 2.23. The molecule has 0 saturated carbocycles. The van der Waals surface area contributed by atoms with Crippen LogP contribution in [0.25, 0.3) is 0 Å². The third-order valence-corrected chi connectivity index (χ3v) is 6.13. The van der Waals surface area contributed by atoms with E-state index in [0.29, 0.717) is 17.5 Å². The van der Waals surface area contributed by atoms with Crippen LogP contribution in [-0.2, 0) is 16.4 Å². The van der Waals surface area contributed by atoms with Crippen LogP contribution < -0.4 is 0 Å². The van der Waals surface area contributed by atoms with Gasteiger partial charge in [-0.15, -0.1) is 0 Å². The van der Waals surface area contributed by atoms with Crippen molar-refractivity contribution in [1.29, 1.82) is 5.26 Å². The number of nitrogens with zero attached hydrogens (tertiary/aromatic N) is 2. The van der Waals surface area contributed by atoms with Gasteiger partial charge in [-0.3, -0.25) is 0 Å². The molecule has 0 aromatic heterocycles. The molecule has 1 atom stereocenters. The van der Waals surface area contributed by atoms with Crippen molar-refractivity contribution < 1.29 is 12.8 Å². The van der Waals surface area contributed by atoms with Crippen LogP contribution in [0.15, 0.2) is 47.4 Å². The number of hydrogen-bond donors (Lipinski definition) is 0. The van der Waals surface area contributed by atoms with Crippen molar-refractivity contribution in [1.82, 2.24) is 4.31 Å². The molecule has 0 bridgehead atoms. The molecule has 0 spiro atoms. The van der Waals surface area contributed by atoms with Crippen molar-refractivity contribution in [3.8, 4) is 6.07 Å². The van der Waals surface area contributed by atoms with Gasteiger partial charge in [0, 0.05) is 13.1 Å². The zero-order chi connectivity index (χ0) is 17.9. The number of likely N-dealkylation sites (N-methyl/N-ethyl adjacent to an activating group) is 1. The predicted molar refractivity (Wildman–Crippen MR) is 90.4 cm³/mol. The second-order valence-corrected chi connectivity index (χ2v) is 7.76. The summed E-state index contributed by atoms with van der Waals surface area (Å²) in [6.45, 7) is 3.46. The van der Waals surface area contributed by atoms with Gasteiger partial charge in [-0.25, -0.2) is 12.8 Å². The molecule has 0 saturated heterocycles. The van der Waals surface area contributed by atoms with Crippen molar-refractivity contribution in [2.45, 2.75) is 31.2 Å². The highest BCUT2D eigenvalue weighted by Gasteiger charge is 2.27. The summed E-state index contributed by atoms with van der Waals surface area (Å²) in [5.74, 6) is -0.345. The molecule has 0 radical (unpaired) electrons. The van der Waals surface area contributed by atoms with Crippen molar-refractivity contribution in [3.63, 3.8) is 0 Å². The van der Waals surface area contributed by atoms with Gasteiger partial charge in [-0.05, 0) is 55.7 Å². The van der Waals surface area contributed by atoms with Gasteiger partial charge in [0.05, 0.1) is 16.5 Å². The zero-order valence-electron chi connectivity index (χ0n) is 13.8. The number of aryl methyl sites for hydroxylation is 1. The van der Waals surface area contributed by atoms with Crippen LogP contribution in [0, 0.1) is 24.1 Å². The monoisotopic (exact) mass is 346 g/mol. The molecule has 0 amide bonds. The molecule has 2 aromatic carbocycles. The topological polar surface area (TPSA) is 61.2 Å². The van der Waals surface area contributed by atoms with Gasteiger partial charge in [0.15, 0.2) is 0 Å². The van der Waals surface area contributed by atoms with Crippen LogP contribution >= 0.6 is 0 Å². The Morgan fingerprint density at radius 1 is 1.25 bits per heavy atom. The Balaban J connectivity index is 2.30. The fourth-order valence-corrected chi connectivity index (χ4v) is 4.08. The van der Waals surface area contributed by atoms with Crippen molar-refractivity contribution in [2.24, 2.45) is 0 Å². The van der Waals surface area contributed by atoms with E-state index in [1.165, 1.54) is 29.6 Å². The normalized spacial score (nSPS) is 12.8. The van der Waals surface area contributed by atoms with E-state index in [0.717, 1.165) is 5.56 Å². The SMILES string of the molecule is Cc1ccc(C#N)cc1S(=O)(=O)N(C)C(C)Cc1cccc(F)c1. The Morgan fingerprint density at radius 3 is 2.58 bits per heavy atom. The van der Waals surface area contributed by atoms with Crippen molar-refractivity contribution in [2.75, 3.05) is 7.05 Å². The van der Waals surface area contributed by atoms with Crippen LogP contribution in [0.1, 0.15) is 23.6 Å². The number of nitriles is 1. The highest BCUT2D eigenvalue weighted by atomic mass is 32.2. The molecule has 0 fully saturated rings. The first-order valence-electron chi connectivity index (χ1n) is 7.49. The average molecular weight is 346 g/mol. The summed E-state index contributed by atoms with van der Waals surface area (Å²) in [5.41, 5.74) is 1.61. The lowest BCUT2D eigenvalue weighted by atomic mass is 10.1. The Morgan fingerprint density at radius 2 is 1.96 bits per heavy atom. The number of halogens is 1. The van der Waals surface area contributed by atoms with Gasteiger partial charge in [0.2, 0.25) is 10.0 Å². The largest absolute Gasteiger partial charge is 0.243 e. The fourth-order valence-electron chi connectivity index (χ4n) is 2.47. The Kier molecular flexibility index (Phi) is 5.37. The minimum atomic E-state index is -3.74. The molecule has 126 valence electrons. The first kappa shape index (κ1) is 18.1. The van der Waals surface area contributed by atoms with E-state index < -0.39 is 10.0 Å². The molecular formula is C18H19FN2O2S. The van der Waals surface area contributed by atoms with E-state index >= 15 is 0 Å². The van der Waals surface area contributed by atoms with Gasteiger partial charge in [-0.1, -0.05) is 18.2 Å². The van der Waals surface area contributed by atoms with Gasteiger partial charge in [0.1, 0.15) is 5.82 Å². The molecule has 0 heterocycles. The van der Waals surface area contributed by atoms with Gasteiger partial charge < -0.3 is 0 Å². The van der Waals surface area contributed by atoms with E-state index in [-0.39, 0.29) is 16.8 Å². The summed E-state index contributed by atoms with van der Waals surface area (Å²) in [6.07, 6.45) is 0.393.